The van der Waals surface area contributed by atoms with Gasteiger partial charge in [-0.15, -0.1) is 0 Å². The van der Waals surface area contributed by atoms with Crippen LogP contribution >= 0.6 is 11.6 Å². The Kier molecular flexibility index (Phi) is 4.35. The van der Waals surface area contributed by atoms with Crippen molar-refractivity contribution >= 4 is 17.5 Å². The lowest BCUT2D eigenvalue weighted by Crippen LogP contribution is -2.30. The minimum absolute atomic E-state index is 0.000602. The summed E-state index contributed by atoms with van der Waals surface area (Å²) in [5, 5.41) is 0.364. The van der Waals surface area contributed by atoms with E-state index in [2.05, 4.69) is 25.8 Å². The highest BCUT2D eigenvalue weighted by molar-refractivity contribution is 6.29. The molecule has 20 heavy (non-hydrogen) atoms. The first kappa shape index (κ1) is 15.3. The van der Waals surface area contributed by atoms with E-state index in [4.69, 9.17) is 16.3 Å². The predicted octanol–water partition coefficient (Wildman–Crippen LogP) is 2.89. The van der Waals surface area contributed by atoms with Crippen LogP contribution in [0, 0.1) is 0 Å². The van der Waals surface area contributed by atoms with Gasteiger partial charge in [-0.2, -0.15) is 0 Å². The van der Waals surface area contributed by atoms with Crippen LogP contribution in [0.1, 0.15) is 43.2 Å². The third-order valence-electron chi connectivity index (χ3n) is 3.58. The van der Waals surface area contributed by atoms with Crippen molar-refractivity contribution < 1.29 is 9.53 Å². The second-order valence-electron chi connectivity index (χ2n) is 6.21. The maximum absolute atomic E-state index is 12.5. The van der Waals surface area contributed by atoms with E-state index in [1.54, 1.807) is 13.2 Å². The number of hydrogen-bond donors (Lipinski definition) is 0. The van der Waals surface area contributed by atoms with Gasteiger partial charge in [0.25, 0.3) is 5.91 Å². The number of carbonyl (C=O) groups excluding carboxylic acids is 1. The zero-order valence-corrected chi connectivity index (χ0v) is 13.2. The molecule has 0 saturated carbocycles. The number of hydrogen-bond acceptors (Lipinski definition) is 3. The zero-order valence-electron chi connectivity index (χ0n) is 12.4. The fourth-order valence-electron chi connectivity index (χ4n) is 2.29. The van der Waals surface area contributed by atoms with Crippen molar-refractivity contribution in [3.63, 3.8) is 0 Å². The Labute approximate surface area is 125 Å². The molecule has 1 amide bonds. The Hall–Kier alpha value is -1.13. The van der Waals surface area contributed by atoms with Crippen molar-refractivity contribution in [3.8, 4) is 0 Å². The lowest BCUT2D eigenvalue weighted by Gasteiger charge is -2.21. The number of pyridine rings is 1. The van der Waals surface area contributed by atoms with Gasteiger partial charge in [0.05, 0.1) is 6.10 Å². The summed E-state index contributed by atoms with van der Waals surface area (Å²) < 4.78 is 5.30. The summed E-state index contributed by atoms with van der Waals surface area (Å²) in [7, 11) is 1.68. The molecule has 1 fully saturated rings. The van der Waals surface area contributed by atoms with Crippen LogP contribution in [0.15, 0.2) is 12.1 Å². The van der Waals surface area contributed by atoms with E-state index < -0.39 is 0 Å². The first-order valence-electron chi connectivity index (χ1n) is 6.81. The monoisotopic (exact) mass is 296 g/mol. The lowest BCUT2D eigenvalue weighted by molar-refractivity contribution is 0.0724. The van der Waals surface area contributed by atoms with Crippen LogP contribution in [0.3, 0.4) is 0 Å². The molecule has 1 aromatic rings. The molecule has 0 aromatic carbocycles. The summed E-state index contributed by atoms with van der Waals surface area (Å²) in [6, 6.07) is 3.48. The van der Waals surface area contributed by atoms with Gasteiger partial charge in [0.2, 0.25) is 0 Å². The standard InChI is InChI=1S/C15H21ClN2O2/c1-15(2,3)12-7-10(8-13(16)17-12)14(19)18-6-5-11(9-18)20-4/h7-8,11H,5-6,9H2,1-4H3. The number of likely N-dealkylation sites (tertiary alicyclic amines) is 1. The third-order valence-corrected chi connectivity index (χ3v) is 3.77. The average molecular weight is 297 g/mol. The molecule has 2 rings (SSSR count). The van der Waals surface area contributed by atoms with Crippen molar-refractivity contribution in [1.82, 2.24) is 9.88 Å². The van der Waals surface area contributed by atoms with Crippen molar-refractivity contribution in [2.24, 2.45) is 0 Å². The molecule has 4 nitrogen and oxygen atoms in total. The highest BCUT2D eigenvalue weighted by Gasteiger charge is 2.28. The summed E-state index contributed by atoms with van der Waals surface area (Å²) >= 11 is 6.06. The average Bonchev–Trinajstić information content (AvgIpc) is 2.84. The Bertz CT molecular complexity index is 511. The minimum atomic E-state index is -0.139. The third kappa shape index (κ3) is 3.30. The number of halogens is 1. The van der Waals surface area contributed by atoms with Gasteiger partial charge in [-0.1, -0.05) is 32.4 Å². The maximum atomic E-state index is 12.5. The van der Waals surface area contributed by atoms with Gasteiger partial charge in [0.1, 0.15) is 5.15 Å². The maximum Gasteiger partial charge on any atom is 0.254 e. The second kappa shape index (κ2) is 5.70. The van der Waals surface area contributed by atoms with Crippen molar-refractivity contribution in [2.45, 2.75) is 38.7 Å². The van der Waals surface area contributed by atoms with Crippen molar-refractivity contribution in [3.05, 3.63) is 28.5 Å². The number of nitrogens with zero attached hydrogens (tertiary/aromatic N) is 2. The molecule has 2 heterocycles. The molecule has 0 radical (unpaired) electrons. The van der Waals surface area contributed by atoms with Crippen LogP contribution < -0.4 is 0 Å². The molecular weight excluding hydrogens is 276 g/mol. The van der Waals surface area contributed by atoms with Gasteiger partial charge < -0.3 is 9.64 Å². The Morgan fingerprint density at radius 1 is 1.45 bits per heavy atom. The molecular formula is C15H21ClN2O2. The summed E-state index contributed by atoms with van der Waals surface area (Å²) in [6.07, 6.45) is 1.02. The minimum Gasteiger partial charge on any atom is -0.380 e. The fourth-order valence-corrected chi connectivity index (χ4v) is 2.50. The summed E-state index contributed by atoms with van der Waals surface area (Å²) in [5.41, 5.74) is 1.29. The van der Waals surface area contributed by atoms with Crippen LogP contribution in [0.25, 0.3) is 0 Å². The molecule has 1 unspecified atom stereocenters. The smallest absolute Gasteiger partial charge is 0.254 e. The molecule has 0 bridgehead atoms. The largest absolute Gasteiger partial charge is 0.380 e. The number of carbonyl (C=O) groups is 1. The quantitative estimate of drug-likeness (QED) is 0.788. The van der Waals surface area contributed by atoms with Gasteiger partial charge in [-0.3, -0.25) is 4.79 Å². The van der Waals surface area contributed by atoms with Crippen LogP contribution in [0.4, 0.5) is 0 Å². The molecule has 5 heteroatoms. The number of ether oxygens (including phenoxy) is 1. The Morgan fingerprint density at radius 3 is 2.70 bits per heavy atom. The van der Waals surface area contributed by atoms with Gasteiger partial charge in [-0.05, 0) is 18.6 Å². The molecule has 1 aromatic heterocycles. The van der Waals surface area contributed by atoms with Gasteiger partial charge >= 0.3 is 0 Å². The van der Waals surface area contributed by atoms with Gasteiger partial charge in [-0.25, -0.2) is 4.98 Å². The topological polar surface area (TPSA) is 42.4 Å². The molecule has 1 saturated heterocycles. The predicted molar refractivity (Wildman–Crippen MR) is 79.3 cm³/mol. The van der Waals surface area contributed by atoms with E-state index in [1.807, 2.05) is 11.0 Å². The van der Waals surface area contributed by atoms with Crippen LogP contribution in [0.5, 0.6) is 0 Å². The van der Waals surface area contributed by atoms with E-state index in [9.17, 15) is 4.79 Å². The molecule has 0 aliphatic carbocycles. The highest BCUT2D eigenvalue weighted by atomic mass is 35.5. The normalized spacial score (nSPS) is 19.4. The summed E-state index contributed by atoms with van der Waals surface area (Å²) in [6.45, 7) is 7.52. The molecule has 0 spiro atoms. The first-order chi connectivity index (χ1) is 9.31. The molecule has 110 valence electrons. The lowest BCUT2D eigenvalue weighted by atomic mass is 9.91. The first-order valence-corrected chi connectivity index (χ1v) is 7.19. The number of methoxy groups -OCH3 is 1. The van der Waals surface area contributed by atoms with E-state index in [1.165, 1.54) is 0 Å². The molecule has 0 N–H and O–H groups in total. The van der Waals surface area contributed by atoms with Crippen molar-refractivity contribution in [2.75, 3.05) is 20.2 Å². The van der Waals surface area contributed by atoms with E-state index in [0.29, 0.717) is 17.3 Å². The van der Waals surface area contributed by atoms with E-state index >= 15 is 0 Å². The summed E-state index contributed by atoms with van der Waals surface area (Å²) in [4.78, 5) is 18.7. The van der Waals surface area contributed by atoms with Crippen LogP contribution in [-0.4, -0.2) is 42.1 Å². The number of aromatic nitrogens is 1. The second-order valence-corrected chi connectivity index (χ2v) is 6.60. The van der Waals surface area contributed by atoms with Crippen LogP contribution in [-0.2, 0) is 10.2 Å². The molecule has 1 atom stereocenters. The van der Waals surface area contributed by atoms with Gasteiger partial charge in [0, 0.05) is 36.9 Å². The van der Waals surface area contributed by atoms with Crippen LogP contribution in [0.2, 0.25) is 5.15 Å². The highest BCUT2D eigenvalue weighted by Crippen LogP contribution is 2.25. The van der Waals surface area contributed by atoms with Gasteiger partial charge in [0.15, 0.2) is 0 Å². The Balaban J connectivity index is 2.24. The fraction of sp³-hybridized carbons (Fsp3) is 0.600. The van der Waals surface area contributed by atoms with E-state index in [0.717, 1.165) is 18.7 Å². The van der Waals surface area contributed by atoms with E-state index in [-0.39, 0.29) is 17.4 Å². The molecule has 1 aliphatic heterocycles. The van der Waals surface area contributed by atoms with Crippen molar-refractivity contribution in [1.29, 1.82) is 0 Å². The number of amides is 1. The summed E-state index contributed by atoms with van der Waals surface area (Å²) in [5.74, 6) is -0.000602. The zero-order chi connectivity index (χ0) is 14.9. The number of rotatable bonds is 2. The Morgan fingerprint density at radius 2 is 2.15 bits per heavy atom. The SMILES string of the molecule is COC1CCN(C(=O)c2cc(Cl)nc(C(C)(C)C)c2)C1. The molecule has 1 aliphatic rings.